The maximum atomic E-state index is 9.99. The smallest absolute Gasteiger partial charge is 0.120 e. The molecule has 0 spiro atoms. The van der Waals surface area contributed by atoms with Crippen molar-refractivity contribution in [2.24, 2.45) is 5.41 Å². The van der Waals surface area contributed by atoms with E-state index in [1.165, 1.54) is 5.56 Å². The third-order valence-electron chi connectivity index (χ3n) is 4.68. The Morgan fingerprint density at radius 2 is 2.00 bits per heavy atom. The molecule has 0 saturated heterocycles. The van der Waals surface area contributed by atoms with E-state index in [0.717, 1.165) is 30.4 Å². The van der Waals surface area contributed by atoms with Gasteiger partial charge in [0.1, 0.15) is 5.75 Å². The standard InChI is InChI=1S/C16H25NO2/c1-11-7-13(14(19)8-12(11)2)9-17-15-5-4-6-16(15,3)10-18/h7-8,15,17-19H,4-6,9-10H2,1-3H3. The lowest BCUT2D eigenvalue weighted by Gasteiger charge is -2.30. The van der Waals surface area contributed by atoms with E-state index in [1.807, 2.05) is 19.1 Å². The minimum absolute atomic E-state index is 0.0185. The molecule has 2 unspecified atom stereocenters. The van der Waals surface area contributed by atoms with E-state index in [4.69, 9.17) is 0 Å². The fraction of sp³-hybridized carbons (Fsp3) is 0.625. The summed E-state index contributed by atoms with van der Waals surface area (Å²) in [6, 6.07) is 4.20. The molecule has 0 amide bonds. The molecule has 0 aromatic heterocycles. The number of rotatable bonds is 4. The van der Waals surface area contributed by atoms with Crippen LogP contribution >= 0.6 is 0 Å². The Morgan fingerprint density at radius 1 is 1.32 bits per heavy atom. The molecule has 1 saturated carbocycles. The van der Waals surface area contributed by atoms with E-state index in [2.05, 4.69) is 19.2 Å². The maximum absolute atomic E-state index is 9.99. The summed E-state index contributed by atoms with van der Waals surface area (Å²) in [6.07, 6.45) is 3.33. The van der Waals surface area contributed by atoms with E-state index in [1.54, 1.807) is 0 Å². The number of aliphatic hydroxyl groups excluding tert-OH is 1. The number of phenols is 1. The highest BCUT2D eigenvalue weighted by molar-refractivity contribution is 5.40. The summed E-state index contributed by atoms with van der Waals surface area (Å²) in [5, 5.41) is 23.0. The average Bonchev–Trinajstić information content (AvgIpc) is 2.74. The van der Waals surface area contributed by atoms with Gasteiger partial charge in [-0.25, -0.2) is 0 Å². The van der Waals surface area contributed by atoms with Crippen LogP contribution in [-0.2, 0) is 6.54 Å². The summed E-state index contributed by atoms with van der Waals surface area (Å²) in [5.74, 6) is 0.360. The molecule has 0 heterocycles. The van der Waals surface area contributed by atoms with Crippen molar-refractivity contribution in [1.29, 1.82) is 0 Å². The number of phenolic OH excluding ortho intramolecular Hbond substituents is 1. The van der Waals surface area contributed by atoms with Gasteiger partial charge < -0.3 is 15.5 Å². The molecule has 0 bridgehead atoms. The third-order valence-corrected chi connectivity index (χ3v) is 4.68. The topological polar surface area (TPSA) is 52.5 Å². The van der Waals surface area contributed by atoms with Gasteiger partial charge >= 0.3 is 0 Å². The lowest BCUT2D eigenvalue weighted by Crippen LogP contribution is -2.41. The van der Waals surface area contributed by atoms with Crippen molar-refractivity contribution < 1.29 is 10.2 Å². The van der Waals surface area contributed by atoms with E-state index in [-0.39, 0.29) is 12.0 Å². The minimum Gasteiger partial charge on any atom is -0.508 e. The SMILES string of the molecule is Cc1cc(O)c(CNC2CCCC2(C)CO)cc1C. The quantitative estimate of drug-likeness (QED) is 0.783. The molecular formula is C16H25NO2. The molecule has 1 aromatic carbocycles. The van der Waals surface area contributed by atoms with Crippen molar-refractivity contribution in [1.82, 2.24) is 5.32 Å². The normalized spacial score (nSPS) is 26.8. The second-order valence-electron chi connectivity index (χ2n) is 6.20. The molecule has 2 rings (SSSR count). The Hall–Kier alpha value is -1.06. The first-order valence-electron chi connectivity index (χ1n) is 7.09. The number of aryl methyl sites for hydroxylation is 2. The van der Waals surface area contributed by atoms with Crippen LogP contribution in [0, 0.1) is 19.3 Å². The Labute approximate surface area is 115 Å². The van der Waals surface area contributed by atoms with Crippen molar-refractivity contribution in [3.63, 3.8) is 0 Å². The first-order valence-corrected chi connectivity index (χ1v) is 7.09. The van der Waals surface area contributed by atoms with Crippen LogP contribution in [0.3, 0.4) is 0 Å². The number of aromatic hydroxyl groups is 1. The number of benzene rings is 1. The highest BCUT2D eigenvalue weighted by Gasteiger charge is 2.37. The molecule has 1 aromatic rings. The number of nitrogens with one attached hydrogen (secondary N) is 1. The largest absolute Gasteiger partial charge is 0.508 e. The second-order valence-corrected chi connectivity index (χ2v) is 6.20. The highest BCUT2D eigenvalue weighted by atomic mass is 16.3. The summed E-state index contributed by atoms with van der Waals surface area (Å²) in [6.45, 7) is 7.09. The van der Waals surface area contributed by atoms with Crippen molar-refractivity contribution in [3.05, 3.63) is 28.8 Å². The van der Waals surface area contributed by atoms with Gasteiger partial charge in [0.15, 0.2) is 0 Å². The third kappa shape index (κ3) is 2.93. The summed E-state index contributed by atoms with van der Waals surface area (Å²) in [7, 11) is 0. The van der Waals surface area contributed by atoms with Gasteiger partial charge in [-0.1, -0.05) is 19.4 Å². The minimum atomic E-state index is -0.0185. The van der Waals surface area contributed by atoms with Crippen LogP contribution < -0.4 is 5.32 Å². The monoisotopic (exact) mass is 263 g/mol. The van der Waals surface area contributed by atoms with Crippen molar-refractivity contribution in [2.75, 3.05) is 6.61 Å². The Bertz CT molecular complexity index is 458. The van der Waals surface area contributed by atoms with E-state index >= 15 is 0 Å². The first kappa shape index (κ1) is 14.4. The summed E-state index contributed by atoms with van der Waals surface area (Å²) >= 11 is 0. The molecule has 106 valence electrons. The predicted molar refractivity (Wildman–Crippen MR) is 77.3 cm³/mol. The van der Waals surface area contributed by atoms with Crippen LogP contribution in [0.2, 0.25) is 0 Å². The zero-order chi connectivity index (χ0) is 14.0. The number of aliphatic hydroxyl groups is 1. The first-order chi connectivity index (χ1) is 8.96. The average molecular weight is 263 g/mol. The molecule has 0 aliphatic heterocycles. The van der Waals surface area contributed by atoms with Gasteiger partial charge in [-0.15, -0.1) is 0 Å². The van der Waals surface area contributed by atoms with Gasteiger partial charge in [-0.2, -0.15) is 0 Å². The zero-order valence-electron chi connectivity index (χ0n) is 12.2. The molecule has 1 fully saturated rings. The van der Waals surface area contributed by atoms with E-state index in [9.17, 15) is 10.2 Å². The van der Waals surface area contributed by atoms with Gasteiger partial charge in [0.2, 0.25) is 0 Å². The van der Waals surface area contributed by atoms with Gasteiger partial charge in [0.05, 0.1) is 0 Å². The van der Waals surface area contributed by atoms with Crippen molar-refractivity contribution >= 4 is 0 Å². The molecule has 3 N–H and O–H groups in total. The number of hydrogen-bond donors (Lipinski definition) is 3. The zero-order valence-corrected chi connectivity index (χ0v) is 12.2. The van der Waals surface area contributed by atoms with Crippen LogP contribution in [0.1, 0.15) is 42.9 Å². The summed E-state index contributed by atoms with van der Waals surface area (Å²) < 4.78 is 0. The van der Waals surface area contributed by atoms with E-state index < -0.39 is 0 Å². The fourth-order valence-corrected chi connectivity index (χ4v) is 3.01. The van der Waals surface area contributed by atoms with Crippen LogP contribution in [-0.4, -0.2) is 22.9 Å². The van der Waals surface area contributed by atoms with E-state index in [0.29, 0.717) is 18.3 Å². The predicted octanol–water partition coefficient (Wildman–Crippen LogP) is 2.65. The fourth-order valence-electron chi connectivity index (χ4n) is 3.01. The molecule has 19 heavy (non-hydrogen) atoms. The Morgan fingerprint density at radius 3 is 2.68 bits per heavy atom. The lowest BCUT2D eigenvalue weighted by molar-refractivity contribution is 0.118. The van der Waals surface area contributed by atoms with Crippen LogP contribution in [0.25, 0.3) is 0 Å². The molecule has 2 atom stereocenters. The molecule has 1 aliphatic carbocycles. The van der Waals surface area contributed by atoms with Crippen LogP contribution in [0.15, 0.2) is 12.1 Å². The Balaban J connectivity index is 2.05. The molecular weight excluding hydrogens is 238 g/mol. The summed E-state index contributed by atoms with van der Waals surface area (Å²) in [4.78, 5) is 0. The van der Waals surface area contributed by atoms with Crippen LogP contribution in [0.5, 0.6) is 5.75 Å². The molecule has 0 radical (unpaired) electrons. The van der Waals surface area contributed by atoms with Gasteiger partial charge in [-0.3, -0.25) is 0 Å². The number of hydrogen-bond acceptors (Lipinski definition) is 3. The Kier molecular flexibility index (Phi) is 4.16. The van der Waals surface area contributed by atoms with Crippen molar-refractivity contribution in [3.8, 4) is 5.75 Å². The lowest BCUT2D eigenvalue weighted by atomic mass is 9.85. The molecule has 3 nitrogen and oxygen atoms in total. The van der Waals surface area contributed by atoms with Crippen LogP contribution in [0.4, 0.5) is 0 Å². The molecule has 3 heteroatoms. The second kappa shape index (κ2) is 5.51. The maximum Gasteiger partial charge on any atom is 0.120 e. The summed E-state index contributed by atoms with van der Waals surface area (Å²) in [5.41, 5.74) is 3.23. The van der Waals surface area contributed by atoms with Gasteiger partial charge in [-0.05, 0) is 43.9 Å². The highest BCUT2D eigenvalue weighted by Crippen LogP contribution is 2.37. The van der Waals surface area contributed by atoms with Gasteiger partial charge in [0, 0.05) is 30.2 Å². The van der Waals surface area contributed by atoms with Gasteiger partial charge in [0.25, 0.3) is 0 Å². The van der Waals surface area contributed by atoms with Crippen molar-refractivity contribution in [2.45, 2.75) is 52.6 Å². The molecule has 1 aliphatic rings.